The van der Waals surface area contributed by atoms with Crippen molar-refractivity contribution < 1.29 is 19.1 Å². The molecule has 3 rings (SSSR count). The van der Waals surface area contributed by atoms with Gasteiger partial charge in [-0.15, -0.1) is 0 Å². The summed E-state index contributed by atoms with van der Waals surface area (Å²) in [6.45, 7) is -0.0641. The van der Waals surface area contributed by atoms with Crippen LogP contribution in [0.1, 0.15) is 40.4 Å². The Morgan fingerprint density at radius 1 is 1.22 bits per heavy atom. The van der Waals surface area contributed by atoms with Crippen molar-refractivity contribution in [3.63, 3.8) is 0 Å². The van der Waals surface area contributed by atoms with E-state index in [1.165, 1.54) is 18.2 Å². The van der Waals surface area contributed by atoms with Gasteiger partial charge in [0.15, 0.2) is 6.61 Å². The minimum Gasteiger partial charge on any atom is -0.483 e. The number of fused-ring (bicyclic) bond motifs is 1. The summed E-state index contributed by atoms with van der Waals surface area (Å²) in [4.78, 5) is 26.0. The van der Waals surface area contributed by atoms with Crippen LogP contribution >= 0.6 is 15.9 Å². The monoisotopic (exact) mass is 431 g/mol. The summed E-state index contributed by atoms with van der Waals surface area (Å²) in [5.41, 5.74) is 2.96. The molecular formula is C21H22BrNO4. The topological polar surface area (TPSA) is 55.8 Å². The average Bonchev–Trinajstić information content (AvgIpc) is 2.71. The third kappa shape index (κ3) is 4.33. The fraction of sp³-hybridized carbons (Fsp3) is 0.333. The van der Waals surface area contributed by atoms with E-state index in [0.29, 0.717) is 15.8 Å². The number of methoxy groups -OCH3 is 1. The van der Waals surface area contributed by atoms with Crippen molar-refractivity contribution >= 4 is 27.8 Å². The quantitative estimate of drug-likeness (QED) is 0.667. The van der Waals surface area contributed by atoms with Crippen LogP contribution in [0.3, 0.4) is 0 Å². The molecule has 142 valence electrons. The number of amides is 1. The van der Waals surface area contributed by atoms with Gasteiger partial charge >= 0.3 is 5.97 Å². The summed E-state index contributed by atoms with van der Waals surface area (Å²) in [6.07, 6.45) is 3.09. The van der Waals surface area contributed by atoms with Gasteiger partial charge in [0.1, 0.15) is 5.75 Å². The van der Waals surface area contributed by atoms with E-state index in [1.807, 2.05) is 19.2 Å². The Balaban J connectivity index is 1.65. The Kier molecular flexibility index (Phi) is 6.16. The van der Waals surface area contributed by atoms with Crippen LogP contribution in [-0.2, 0) is 16.0 Å². The Morgan fingerprint density at radius 2 is 2.00 bits per heavy atom. The molecule has 0 N–H and O–H groups in total. The summed E-state index contributed by atoms with van der Waals surface area (Å²) in [7, 11) is 3.16. The first-order chi connectivity index (χ1) is 13.0. The largest absolute Gasteiger partial charge is 0.483 e. The van der Waals surface area contributed by atoms with Crippen LogP contribution in [0.25, 0.3) is 0 Å². The number of halogens is 1. The maximum Gasteiger partial charge on any atom is 0.337 e. The smallest absolute Gasteiger partial charge is 0.337 e. The predicted molar refractivity (Wildman–Crippen MR) is 106 cm³/mol. The fourth-order valence-electron chi connectivity index (χ4n) is 3.41. The zero-order valence-corrected chi connectivity index (χ0v) is 17.0. The number of likely N-dealkylation sites (N-methyl/N-ethyl adjacent to an activating group) is 1. The molecule has 1 unspecified atom stereocenters. The van der Waals surface area contributed by atoms with E-state index < -0.39 is 5.97 Å². The first-order valence-electron chi connectivity index (χ1n) is 8.85. The molecule has 0 heterocycles. The van der Waals surface area contributed by atoms with E-state index in [-0.39, 0.29) is 18.6 Å². The third-order valence-electron chi connectivity index (χ3n) is 4.90. The molecule has 0 saturated heterocycles. The number of nitrogens with zero attached hydrogens (tertiary/aromatic N) is 1. The van der Waals surface area contributed by atoms with E-state index in [0.717, 1.165) is 19.3 Å². The summed E-state index contributed by atoms with van der Waals surface area (Å²) in [5.74, 6) is 0.00289. The molecule has 0 saturated carbocycles. The molecule has 0 aromatic heterocycles. The van der Waals surface area contributed by atoms with E-state index in [4.69, 9.17) is 9.47 Å². The summed E-state index contributed by atoms with van der Waals surface area (Å²) in [5, 5.41) is 0. The number of carbonyl (C=O) groups is 2. The van der Waals surface area contributed by atoms with Gasteiger partial charge < -0.3 is 14.4 Å². The van der Waals surface area contributed by atoms with Gasteiger partial charge in [-0.2, -0.15) is 0 Å². The lowest BCUT2D eigenvalue weighted by atomic mass is 9.87. The van der Waals surface area contributed by atoms with Gasteiger partial charge in [-0.05, 0) is 64.5 Å². The molecule has 0 radical (unpaired) electrons. The van der Waals surface area contributed by atoms with Crippen LogP contribution in [0, 0.1) is 0 Å². The lowest BCUT2D eigenvalue weighted by molar-refractivity contribution is -0.134. The zero-order chi connectivity index (χ0) is 19.4. The summed E-state index contributed by atoms with van der Waals surface area (Å²) >= 11 is 3.37. The number of rotatable bonds is 5. The van der Waals surface area contributed by atoms with E-state index in [1.54, 1.807) is 23.1 Å². The van der Waals surface area contributed by atoms with Crippen molar-refractivity contribution in [2.75, 3.05) is 20.8 Å². The number of hydrogen-bond donors (Lipinski definition) is 0. The highest BCUT2D eigenvalue weighted by Gasteiger charge is 2.26. The summed E-state index contributed by atoms with van der Waals surface area (Å²) < 4.78 is 11.0. The molecule has 2 aromatic rings. The fourth-order valence-corrected chi connectivity index (χ4v) is 3.90. The Morgan fingerprint density at radius 3 is 2.74 bits per heavy atom. The van der Waals surface area contributed by atoms with Crippen LogP contribution in [0.2, 0.25) is 0 Å². The van der Waals surface area contributed by atoms with Gasteiger partial charge in [0.2, 0.25) is 0 Å². The highest BCUT2D eigenvalue weighted by molar-refractivity contribution is 9.10. The molecule has 0 aliphatic heterocycles. The third-order valence-corrected chi connectivity index (χ3v) is 5.52. The molecule has 0 fully saturated rings. The van der Waals surface area contributed by atoms with Gasteiger partial charge in [0.25, 0.3) is 5.91 Å². The lowest BCUT2D eigenvalue weighted by Gasteiger charge is -2.33. The highest BCUT2D eigenvalue weighted by atomic mass is 79.9. The second-order valence-electron chi connectivity index (χ2n) is 6.54. The normalized spacial score (nSPS) is 15.6. The molecule has 1 aliphatic carbocycles. The molecule has 27 heavy (non-hydrogen) atoms. The van der Waals surface area contributed by atoms with Gasteiger partial charge in [0, 0.05) is 7.05 Å². The number of hydrogen-bond acceptors (Lipinski definition) is 4. The Hall–Kier alpha value is -2.34. The van der Waals surface area contributed by atoms with E-state index in [2.05, 4.69) is 28.1 Å². The molecule has 1 aliphatic rings. The Bertz CT molecular complexity index is 852. The van der Waals surface area contributed by atoms with Gasteiger partial charge in [0.05, 0.1) is 23.2 Å². The van der Waals surface area contributed by atoms with E-state index >= 15 is 0 Å². The number of ether oxygens (including phenoxy) is 2. The second-order valence-corrected chi connectivity index (χ2v) is 7.39. The number of benzene rings is 2. The van der Waals surface area contributed by atoms with Crippen LogP contribution in [0.15, 0.2) is 46.9 Å². The van der Waals surface area contributed by atoms with Crippen molar-refractivity contribution in [2.45, 2.75) is 25.3 Å². The van der Waals surface area contributed by atoms with Crippen LogP contribution < -0.4 is 4.74 Å². The van der Waals surface area contributed by atoms with Crippen LogP contribution in [0.4, 0.5) is 0 Å². The molecule has 5 nitrogen and oxygen atoms in total. The first-order valence-corrected chi connectivity index (χ1v) is 9.64. The summed E-state index contributed by atoms with van der Waals surface area (Å²) in [6, 6.07) is 13.3. The average molecular weight is 432 g/mol. The second kappa shape index (κ2) is 8.57. The van der Waals surface area contributed by atoms with Crippen molar-refractivity contribution in [1.29, 1.82) is 0 Å². The maximum atomic E-state index is 12.7. The van der Waals surface area contributed by atoms with Crippen molar-refractivity contribution in [3.05, 3.63) is 63.6 Å². The standard InChI is InChI=1S/C21H22BrNO4/c1-23(18-9-5-7-14-6-3-4-8-16(14)18)20(24)13-27-19-11-10-15(12-17(19)22)21(25)26-2/h3-4,6,8,10-12,18H,5,7,9,13H2,1-2H3. The molecular weight excluding hydrogens is 410 g/mol. The SMILES string of the molecule is COC(=O)c1ccc(OCC(=O)N(C)C2CCCc3ccccc32)c(Br)c1. The van der Waals surface area contributed by atoms with Gasteiger partial charge in [-0.25, -0.2) is 4.79 Å². The highest BCUT2D eigenvalue weighted by Crippen LogP contribution is 2.33. The minimum atomic E-state index is -0.422. The van der Waals surface area contributed by atoms with E-state index in [9.17, 15) is 9.59 Å². The molecule has 2 aromatic carbocycles. The van der Waals surface area contributed by atoms with Gasteiger partial charge in [-0.3, -0.25) is 4.79 Å². The molecule has 1 atom stereocenters. The van der Waals surface area contributed by atoms with Crippen molar-refractivity contribution in [2.24, 2.45) is 0 Å². The zero-order valence-electron chi connectivity index (χ0n) is 15.4. The maximum absolute atomic E-state index is 12.7. The number of esters is 1. The molecule has 6 heteroatoms. The lowest BCUT2D eigenvalue weighted by Crippen LogP contribution is -2.36. The molecule has 0 spiro atoms. The number of carbonyl (C=O) groups excluding carboxylic acids is 2. The predicted octanol–water partition coefficient (Wildman–Crippen LogP) is 4.15. The molecule has 1 amide bonds. The van der Waals surface area contributed by atoms with Gasteiger partial charge in [-0.1, -0.05) is 24.3 Å². The van der Waals surface area contributed by atoms with Crippen LogP contribution in [0.5, 0.6) is 5.75 Å². The minimum absolute atomic E-state index is 0.0641. The van der Waals surface area contributed by atoms with Crippen LogP contribution in [-0.4, -0.2) is 37.5 Å². The van der Waals surface area contributed by atoms with Crippen molar-refractivity contribution in [3.8, 4) is 5.75 Å². The first kappa shape index (κ1) is 19.4. The molecule has 0 bridgehead atoms. The number of aryl methyl sites for hydroxylation is 1. The Labute approximate surface area is 167 Å². The van der Waals surface area contributed by atoms with Crippen molar-refractivity contribution in [1.82, 2.24) is 4.90 Å².